The predicted molar refractivity (Wildman–Crippen MR) is 212 cm³/mol. The Kier molecular flexibility index (Phi) is 20.0. The van der Waals surface area contributed by atoms with Gasteiger partial charge in [-0.05, 0) is 118 Å². The molecular formula is C43H80N4. The van der Waals surface area contributed by atoms with E-state index >= 15 is 0 Å². The van der Waals surface area contributed by atoms with Gasteiger partial charge in [-0.25, -0.2) is 0 Å². The molecule has 2 N–H and O–H groups in total. The standard InChI is InChI=1S/C12H13N.C9H18.C7H15N.C7H14.C4H10N2.C4H10/c1-9(2)10-5-3-7-12-11(10)6-4-8-13-12;1-9(2,3)8-6-4-5-7-8;1-7(2,3)8-5-4-6-8;1-7(2,3)6-4-5-6;1-2-6-4-3-5-1;1-4(2)3/h3-9H,1-2H3;8H,4-7H2,1-3H3;4-6H2,1-3H3;6H,4-5H2,1-3H3;5-6H,1-4H2;4H,1-3H3. The van der Waals surface area contributed by atoms with Crippen LogP contribution in [-0.4, -0.2) is 54.7 Å². The van der Waals surface area contributed by atoms with Crippen molar-refractivity contribution >= 4 is 10.9 Å². The maximum absolute atomic E-state index is 4.32. The molecule has 2 aliphatic carbocycles. The maximum atomic E-state index is 4.32. The molecule has 0 atom stereocenters. The van der Waals surface area contributed by atoms with Crippen molar-refractivity contribution in [1.29, 1.82) is 0 Å². The van der Waals surface area contributed by atoms with Crippen molar-refractivity contribution in [2.24, 2.45) is 28.6 Å². The Balaban J connectivity index is 0.000000293. The second-order valence-corrected chi connectivity index (χ2v) is 18.3. The quantitative estimate of drug-likeness (QED) is 0.322. The molecule has 6 rings (SSSR count). The van der Waals surface area contributed by atoms with Crippen molar-refractivity contribution in [2.45, 2.75) is 153 Å². The van der Waals surface area contributed by atoms with Gasteiger partial charge in [-0.1, -0.05) is 107 Å². The van der Waals surface area contributed by atoms with E-state index in [4.69, 9.17) is 0 Å². The summed E-state index contributed by atoms with van der Waals surface area (Å²) in [5.41, 5.74) is 4.09. The summed E-state index contributed by atoms with van der Waals surface area (Å²) in [7, 11) is 0. The van der Waals surface area contributed by atoms with E-state index in [1.165, 1.54) is 69.0 Å². The van der Waals surface area contributed by atoms with E-state index in [2.05, 4.69) is 142 Å². The molecule has 2 saturated carbocycles. The molecule has 0 unspecified atom stereocenters. The number of nitrogens with one attached hydrogen (secondary N) is 2. The molecule has 2 aromatic rings. The molecule has 272 valence electrons. The van der Waals surface area contributed by atoms with Crippen LogP contribution in [0.25, 0.3) is 10.9 Å². The van der Waals surface area contributed by atoms with E-state index in [1.807, 2.05) is 12.3 Å². The van der Waals surface area contributed by atoms with E-state index in [0.717, 1.165) is 49.4 Å². The maximum Gasteiger partial charge on any atom is 0.0704 e. The average molecular weight is 653 g/mol. The largest absolute Gasteiger partial charge is 0.314 e. The highest BCUT2D eigenvalue weighted by atomic mass is 15.2. The SMILES string of the molecule is C1CNCCN1.CC(C)(C)C1CC1.CC(C)(C)C1CCCC1.CC(C)(C)N1CCC1.CC(C)C.CC(C)c1cccc2ncccc12. The minimum Gasteiger partial charge on any atom is -0.314 e. The summed E-state index contributed by atoms with van der Waals surface area (Å²) in [5, 5.41) is 7.72. The molecule has 0 amide bonds. The number of benzene rings is 1. The molecule has 4 heteroatoms. The van der Waals surface area contributed by atoms with E-state index in [1.54, 1.807) is 0 Å². The van der Waals surface area contributed by atoms with Crippen LogP contribution in [0.5, 0.6) is 0 Å². The fourth-order valence-corrected chi connectivity index (χ4v) is 5.96. The first-order chi connectivity index (χ1) is 21.8. The van der Waals surface area contributed by atoms with Crippen molar-refractivity contribution in [3.63, 3.8) is 0 Å². The van der Waals surface area contributed by atoms with E-state index in [-0.39, 0.29) is 0 Å². The zero-order valence-electron chi connectivity index (χ0n) is 33.9. The van der Waals surface area contributed by atoms with Crippen LogP contribution < -0.4 is 10.6 Å². The van der Waals surface area contributed by atoms with Gasteiger partial charge >= 0.3 is 0 Å². The van der Waals surface area contributed by atoms with Crippen LogP contribution in [0, 0.1) is 28.6 Å². The van der Waals surface area contributed by atoms with Gasteiger partial charge in [0.1, 0.15) is 0 Å². The lowest BCUT2D eigenvalue weighted by Gasteiger charge is -2.42. The minimum absolute atomic E-state index is 0.429. The summed E-state index contributed by atoms with van der Waals surface area (Å²) in [6.45, 7) is 39.0. The van der Waals surface area contributed by atoms with E-state index < -0.39 is 0 Å². The lowest BCUT2D eigenvalue weighted by molar-refractivity contribution is 0.0690. The molecular weight excluding hydrogens is 573 g/mol. The molecule has 3 heterocycles. The van der Waals surface area contributed by atoms with Crippen LogP contribution in [0.4, 0.5) is 0 Å². The van der Waals surface area contributed by atoms with Crippen LogP contribution in [0.3, 0.4) is 0 Å². The number of likely N-dealkylation sites (tertiary alicyclic amines) is 1. The van der Waals surface area contributed by atoms with Gasteiger partial charge in [0.2, 0.25) is 0 Å². The highest BCUT2D eigenvalue weighted by molar-refractivity contribution is 5.82. The normalized spacial score (nSPS) is 18.6. The molecule has 4 fully saturated rings. The van der Waals surface area contributed by atoms with Gasteiger partial charge in [-0.15, -0.1) is 0 Å². The number of piperazine rings is 1. The summed E-state index contributed by atoms with van der Waals surface area (Å²) in [5.74, 6) is 3.46. The third-order valence-corrected chi connectivity index (χ3v) is 9.45. The Morgan fingerprint density at radius 2 is 1.11 bits per heavy atom. The van der Waals surface area contributed by atoms with Crippen LogP contribution in [0.2, 0.25) is 0 Å². The molecule has 1 aromatic heterocycles. The predicted octanol–water partition coefficient (Wildman–Crippen LogP) is 11.4. The van der Waals surface area contributed by atoms with Crippen LogP contribution in [-0.2, 0) is 0 Å². The molecule has 4 nitrogen and oxygen atoms in total. The number of hydrogen-bond donors (Lipinski definition) is 2. The number of rotatable bonds is 1. The first-order valence-corrected chi connectivity index (χ1v) is 19.3. The van der Waals surface area contributed by atoms with Gasteiger partial charge in [0.25, 0.3) is 0 Å². The Bertz CT molecular complexity index is 1030. The van der Waals surface area contributed by atoms with Gasteiger partial charge in [-0.3, -0.25) is 9.88 Å². The van der Waals surface area contributed by atoms with E-state index in [9.17, 15) is 0 Å². The molecule has 47 heavy (non-hydrogen) atoms. The second kappa shape index (κ2) is 21.6. The van der Waals surface area contributed by atoms with Crippen molar-refractivity contribution in [3.8, 4) is 0 Å². The lowest BCUT2D eigenvalue weighted by atomic mass is 9.80. The van der Waals surface area contributed by atoms with Crippen molar-refractivity contribution < 1.29 is 0 Å². The third-order valence-electron chi connectivity index (χ3n) is 9.45. The van der Waals surface area contributed by atoms with Crippen molar-refractivity contribution in [3.05, 3.63) is 42.1 Å². The molecule has 1 aromatic carbocycles. The number of fused-ring (bicyclic) bond motifs is 1. The zero-order valence-corrected chi connectivity index (χ0v) is 33.9. The van der Waals surface area contributed by atoms with Gasteiger partial charge < -0.3 is 10.6 Å². The Morgan fingerprint density at radius 1 is 0.638 bits per heavy atom. The van der Waals surface area contributed by atoms with Crippen molar-refractivity contribution in [1.82, 2.24) is 20.5 Å². The summed E-state index contributed by atoms with van der Waals surface area (Å²) in [6, 6.07) is 10.4. The summed E-state index contributed by atoms with van der Waals surface area (Å²) in [4.78, 5) is 6.82. The summed E-state index contributed by atoms with van der Waals surface area (Å²) < 4.78 is 0. The van der Waals surface area contributed by atoms with E-state index in [0.29, 0.717) is 22.3 Å². The van der Waals surface area contributed by atoms with Gasteiger partial charge in [-0.2, -0.15) is 0 Å². The number of aromatic nitrogens is 1. The third kappa shape index (κ3) is 19.9. The number of pyridine rings is 1. The fourth-order valence-electron chi connectivity index (χ4n) is 5.96. The molecule has 2 saturated heterocycles. The van der Waals surface area contributed by atoms with Gasteiger partial charge in [0.05, 0.1) is 5.52 Å². The molecule has 2 aliphatic heterocycles. The first kappa shape index (κ1) is 43.5. The Labute approximate surface area is 294 Å². The minimum atomic E-state index is 0.429. The zero-order chi connectivity index (χ0) is 35.7. The summed E-state index contributed by atoms with van der Waals surface area (Å²) >= 11 is 0. The lowest BCUT2D eigenvalue weighted by Crippen LogP contribution is -2.49. The molecule has 0 spiro atoms. The highest BCUT2D eigenvalue weighted by Gasteiger charge is 2.33. The smallest absolute Gasteiger partial charge is 0.0704 e. The molecule has 0 radical (unpaired) electrons. The summed E-state index contributed by atoms with van der Waals surface area (Å²) in [6.07, 6.45) is 12.1. The average Bonchev–Trinajstić information content (AvgIpc) is 3.67. The topological polar surface area (TPSA) is 40.2 Å². The van der Waals surface area contributed by atoms with Crippen LogP contribution >= 0.6 is 0 Å². The fraction of sp³-hybridized carbons (Fsp3) is 0.791. The van der Waals surface area contributed by atoms with Gasteiger partial charge in [0.15, 0.2) is 0 Å². The Morgan fingerprint density at radius 3 is 1.38 bits per heavy atom. The monoisotopic (exact) mass is 653 g/mol. The Hall–Kier alpha value is -1.49. The van der Waals surface area contributed by atoms with Gasteiger partial charge in [0, 0.05) is 43.3 Å². The van der Waals surface area contributed by atoms with Crippen LogP contribution in [0.1, 0.15) is 153 Å². The second-order valence-electron chi connectivity index (χ2n) is 18.3. The van der Waals surface area contributed by atoms with Crippen molar-refractivity contribution in [2.75, 3.05) is 39.3 Å². The number of hydrogen-bond acceptors (Lipinski definition) is 4. The molecule has 4 aliphatic rings. The highest BCUT2D eigenvalue weighted by Crippen LogP contribution is 2.44. The first-order valence-electron chi connectivity index (χ1n) is 19.3. The molecule has 0 bridgehead atoms. The number of nitrogens with zero attached hydrogens (tertiary/aromatic N) is 2. The van der Waals surface area contributed by atoms with Crippen LogP contribution in [0.15, 0.2) is 36.5 Å².